The van der Waals surface area contributed by atoms with Crippen LogP contribution in [-0.2, 0) is 6.42 Å². The van der Waals surface area contributed by atoms with Crippen molar-refractivity contribution in [3.63, 3.8) is 0 Å². The van der Waals surface area contributed by atoms with Crippen LogP contribution in [-0.4, -0.2) is 34.6 Å². The Bertz CT molecular complexity index is 599. The minimum atomic E-state index is -0.931. The Morgan fingerprint density at radius 1 is 1.30 bits per heavy atom. The second-order valence-electron chi connectivity index (χ2n) is 4.69. The highest BCUT2D eigenvalue weighted by Crippen LogP contribution is 2.14. The summed E-state index contributed by atoms with van der Waals surface area (Å²) in [7, 11) is 1.91. The number of aryl methyl sites for hydroxylation is 1. The van der Waals surface area contributed by atoms with Crippen LogP contribution in [0.5, 0.6) is 0 Å². The number of nitrogens with zero attached hydrogens (tertiary/aromatic N) is 3. The Morgan fingerprint density at radius 2 is 2.00 bits per heavy atom. The van der Waals surface area contributed by atoms with Crippen LogP contribution in [0.2, 0.25) is 0 Å². The number of aromatic nitrogens is 2. The van der Waals surface area contributed by atoms with E-state index in [1.165, 1.54) is 5.56 Å². The second-order valence-corrected chi connectivity index (χ2v) is 4.69. The maximum Gasteiger partial charge on any atom is 0.335 e. The lowest BCUT2D eigenvalue weighted by atomic mass is 10.2. The van der Waals surface area contributed by atoms with Crippen LogP contribution in [0, 0.1) is 6.92 Å². The number of aromatic carboxylic acids is 1. The normalized spacial score (nSPS) is 10.3. The maximum absolute atomic E-state index is 11.1. The van der Waals surface area contributed by atoms with Gasteiger partial charge >= 0.3 is 5.97 Å². The van der Waals surface area contributed by atoms with Crippen LogP contribution in [0.15, 0.2) is 36.7 Å². The number of likely N-dealkylation sites (N-methyl/N-ethyl adjacent to an activating group) is 1. The minimum absolute atomic E-state index is 0.267. The Hall–Kier alpha value is -2.43. The van der Waals surface area contributed by atoms with Crippen LogP contribution in [0.3, 0.4) is 0 Å². The molecule has 0 aliphatic carbocycles. The topological polar surface area (TPSA) is 66.3 Å². The highest BCUT2D eigenvalue weighted by Gasteiger charge is 2.09. The van der Waals surface area contributed by atoms with Crippen molar-refractivity contribution >= 4 is 11.8 Å². The first-order valence-electron chi connectivity index (χ1n) is 6.38. The van der Waals surface area contributed by atoms with E-state index < -0.39 is 5.97 Å². The van der Waals surface area contributed by atoms with Crippen molar-refractivity contribution in [3.05, 3.63) is 53.5 Å². The van der Waals surface area contributed by atoms with Gasteiger partial charge in [0, 0.05) is 31.7 Å². The van der Waals surface area contributed by atoms with Gasteiger partial charge < -0.3 is 10.0 Å². The highest BCUT2D eigenvalue weighted by molar-refractivity contribution is 5.88. The molecule has 5 heteroatoms. The van der Waals surface area contributed by atoms with Crippen molar-refractivity contribution in [2.24, 2.45) is 0 Å². The zero-order chi connectivity index (χ0) is 14.5. The summed E-state index contributed by atoms with van der Waals surface area (Å²) in [4.78, 5) is 21.4. The molecule has 2 rings (SSSR count). The molecule has 5 nitrogen and oxygen atoms in total. The minimum Gasteiger partial charge on any atom is -0.478 e. The summed E-state index contributed by atoms with van der Waals surface area (Å²) < 4.78 is 0. The Balaban J connectivity index is 2.09. The molecule has 0 spiro atoms. The molecule has 0 radical (unpaired) electrons. The molecule has 20 heavy (non-hydrogen) atoms. The Kier molecular flexibility index (Phi) is 4.30. The number of anilines is 1. The molecule has 2 aromatic heterocycles. The van der Waals surface area contributed by atoms with Gasteiger partial charge in [-0.1, -0.05) is 0 Å². The molecule has 0 amide bonds. The Morgan fingerprint density at radius 3 is 2.65 bits per heavy atom. The predicted octanol–water partition coefficient (Wildman–Crippen LogP) is 2.16. The molecular formula is C15H17N3O2. The first-order chi connectivity index (χ1) is 9.56. The zero-order valence-corrected chi connectivity index (χ0v) is 11.6. The molecule has 0 aliphatic heterocycles. The summed E-state index contributed by atoms with van der Waals surface area (Å²) in [6.07, 6.45) is 4.39. The zero-order valence-electron chi connectivity index (χ0n) is 11.6. The van der Waals surface area contributed by atoms with E-state index in [1.807, 2.05) is 24.1 Å². The molecule has 0 bridgehead atoms. The van der Waals surface area contributed by atoms with E-state index in [1.54, 1.807) is 31.5 Å². The van der Waals surface area contributed by atoms with Crippen molar-refractivity contribution in [3.8, 4) is 0 Å². The van der Waals surface area contributed by atoms with Crippen LogP contribution >= 0.6 is 0 Å². The van der Waals surface area contributed by atoms with Crippen LogP contribution < -0.4 is 4.90 Å². The van der Waals surface area contributed by atoms with Gasteiger partial charge in [0.1, 0.15) is 5.82 Å². The lowest BCUT2D eigenvalue weighted by Crippen LogP contribution is -2.22. The average molecular weight is 271 g/mol. The molecule has 1 N–H and O–H groups in total. The summed E-state index contributed by atoms with van der Waals surface area (Å²) in [5.74, 6) is -0.254. The lowest BCUT2D eigenvalue weighted by molar-refractivity contribution is 0.0696. The number of carbonyl (C=O) groups is 1. The monoisotopic (exact) mass is 271 g/mol. The quantitative estimate of drug-likeness (QED) is 0.902. The second kappa shape index (κ2) is 6.14. The first-order valence-corrected chi connectivity index (χ1v) is 6.38. The van der Waals surface area contributed by atoms with Crippen molar-refractivity contribution in [2.45, 2.75) is 13.3 Å². The third kappa shape index (κ3) is 3.54. The van der Waals surface area contributed by atoms with Gasteiger partial charge in [0.05, 0.1) is 5.56 Å². The molecule has 0 aromatic carbocycles. The van der Waals surface area contributed by atoms with Crippen molar-refractivity contribution in [1.29, 1.82) is 0 Å². The van der Waals surface area contributed by atoms with Gasteiger partial charge in [-0.15, -0.1) is 0 Å². The van der Waals surface area contributed by atoms with E-state index in [0.717, 1.165) is 13.0 Å². The molecule has 0 saturated heterocycles. The molecule has 0 aliphatic rings. The van der Waals surface area contributed by atoms with Crippen LogP contribution in [0.25, 0.3) is 0 Å². The van der Waals surface area contributed by atoms with E-state index in [2.05, 4.69) is 9.97 Å². The predicted molar refractivity (Wildman–Crippen MR) is 77.1 cm³/mol. The van der Waals surface area contributed by atoms with E-state index in [-0.39, 0.29) is 5.56 Å². The van der Waals surface area contributed by atoms with Gasteiger partial charge in [0.2, 0.25) is 0 Å². The Labute approximate surface area is 117 Å². The number of carboxylic acid groups (broad SMARTS) is 1. The summed E-state index contributed by atoms with van der Waals surface area (Å²) >= 11 is 0. The van der Waals surface area contributed by atoms with Crippen molar-refractivity contribution in [2.75, 3.05) is 18.5 Å². The van der Waals surface area contributed by atoms with E-state index in [9.17, 15) is 4.79 Å². The smallest absolute Gasteiger partial charge is 0.335 e. The fourth-order valence-electron chi connectivity index (χ4n) is 1.93. The van der Waals surface area contributed by atoms with E-state index >= 15 is 0 Å². The number of hydrogen-bond acceptors (Lipinski definition) is 4. The fraction of sp³-hybridized carbons (Fsp3) is 0.267. The first kappa shape index (κ1) is 14.0. The average Bonchev–Trinajstić information content (AvgIpc) is 2.45. The van der Waals surface area contributed by atoms with E-state index in [4.69, 9.17) is 5.11 Å². The van der Waals surface area contributed by atoms with Gasteiger partial charge in [0.15, 0.2) is 0 Å². The third-order valence-electron chi connectivity index (χ3n) is 3.06. The molecule has 0 unspecified atom stereocenters. The van der Waals surface area contributed by atoms with Gasteiger partial charge in [-0.05, 0) is 43.2 Å². The van der Waals surface area contributed by atoms with Gasteiger partial charge in [-0.3, -0.25) is 4.98 Å². The van der Waals surface area contributed by atoms with Crippen molar-refractivity contribution in [1.82, 2.24) is 9.97 Å². The molecule has 0 atom stereocenters. The third-order valence-corrected chi connectivity index (χ3v) is 3.06. The largest absolute Gasteiger partial charge is 0.478 e. The lowest BCUT2D eigenvalue weighted by Gasteiger charge is -2.19. The maximum atomic E-state index is 11.1. The molecule has 104 valence electrons. The highest BCUT2D eigenvalue weighted by atomic mass is 16.4. The summed E-state index contributed by atoms with van der Waals surface area (Å²) in [6, 6.07) is 7.12. The molecular weight excluding hydrogens is 254 g/mol. The van der Waals surface area contributed by atoms with Crippen LogP contribution in [0.1, 0.15) is 21.6 Å². The van der Waals surface area contributed by atoms with Gasteiger partial charge in [-0.2, -0.15) is 0 Å². The van der Waals surface area contributed by atoms with Crippen LogP contribution in [0.4, 0.5) is 5.82 Å². The number of pyridine rings is 2. The molecule has 2 aromatic rings. The summed E-state index contributed by atoms with van der Waals surface area (Å²) in [6.45, 7) is 2.56. The summed E-state index contributed by atoms with van der Waals surface area (Å²) in [5, 5.41) is 9.07. The molecule has 0 fully saturated rings. The number of rotatable bonds is 5. The number of carboxylic acids is 1. The molecule has 2 heterocycles. The number of hydrogen-bond donors (Lipinski definition) is 1. The van der Waals surface area contributed by atoms with Crippen molar-refractivity contribution < 1.29 is 9.90 Å². The van der Waals surface area contributed by atoms with Gasteiger partial charge in [0.25, 0.3) is 0 Å². The SMILES string of the molecule is Cc1cc(C(=O)O)cc(N(C)CCc2ccncc2)n1. The standard InChI is InChI=1S/C15H17N3O2/c1-11-9-13(15(19)20)10-14(17-11)18(2)8-5-12-3-6-16-7-4-12/h3-4,6-7,9-10H,5,8H2,1-2H3,(H,19,20). The van der Waals surface area contributed by atoms with E-state index in [0.29, 0.717) is 11.5 Å². The molecule has 0 saturated carbocycles. The van der Waals surface area contributed by atoms with Gasteiger partial charge in [-0.25, -0.2) is 9.78 Å². The summed E-state index contributed by atoms with van der Waals surface area (Å²) in [5.41, 5.74) is 2.16. The fourth-order valence-corrected chi connectivity index (χ4v) is 1.93.